The van der Waals surface area contributed by atoms with Crippen LogP contribution in [0.25, 0.3) is 11.2 Å². The minimum atomic E-state index is -1.60. The SMILES string of the molecule is Nc1nc2c(ncn2CC(O)C(=O)O)c(=O)[nH]1. The molecule has 0 aliphatic rings. The van der Waals surface area contributed by atoms with Gasteiger partial charge in [0.05, 0.1) is 12.9 Å². The zero-order valence-electron chi connectivity index (χ0n) is 8.49. The predicted octanol–water partition coefficient (Wildman–Crippen LogP) is -1.85. The van der Waals surface area contributed by atoms with E-state index in [0.29, 0.717) is 0 Å². The van der Waals surface area contributed by atoms with Crippen molar-refractivity contribution < 1.29 is 15.0 Å². The van der Waals surface area contributed by atoms with Crippen LogP contribution in [0.5, 0.6) is 0 Å². The smallest absolute Gasteiger partial charge is 0.334 e. The van der Waals surface area contributed by atoms with E-state index in [0.717, 1.165) is 0 Å². The average molecular weight is 239 g/mol. The lowest BCUT2D eigenvalue weighted by atomic mass is 10.3. The van der Waals surface area contributed by atoms with Gasteiger partial charge in [0.1, 0.15) is 0 Å². The van der Waals surface area contributed by atoms with Crippen molar-refractivity contribution in [3.05, 3.63) is 16.7 Å². The Kier molecular flexibility index (Phi) is 2.52. The molecule has 2 aromatic heterocycles. The molecule has 2 heterocycles. The number of nitrogen functional groups attached to an aromatic ring is 1. The summed E-state index contributed by atoms with van der Waals surface area (Å²) in [7, 11) is 0. The normalized spacial score (nSPS) is 12.8. The van der Waals surface area contributed by atoms with Crippen LogP contribution in [0.15, 0.2) is 11.1 Å². The minimum absolute atomic E-state index is 0.0387. The molecule has 2 aromatic rings. The van der Waals surface area contributed by atoms with Gasteiger partial charge in [-0.2, -0.15) is 4.98 Å². The lowest BCUT2D eigenvalue weighted by Crippen LogP contribution is -2.25. The zero-order chi connectivity index (χ0) is 12.6. The first kappa shape index (κ1) is 11.1. The van der Waals surface area contributed by atoms with Gasteiger partial charge in [-0.3, -0.25) is 9.78 Å². The summed E-state index contributed by atoms with van der Waals surface area (Å²) in [6, 6.07) is 0. The molecular weight excluding hydrogens is 230 g/mol. The van der Waals surface area contributed by atoms with Gasteiger partial charge in [-0.1, -0.05) is 0 Å². The van der Waals surface area contributed by atoms with Crippen molar-refractivity contribution in [2.75, 3.05) is 5.73 Å². The maximum Gasteiger partial charge on any atom is 0.334 e. The Hall–Kier alpha value is -2.42. The van der Waals surface area contributed by atoms with Gasteiger partial charge in [-0.15, -0.1) is 0 Å². The number of hydrogen-bond acceptors (Lipinski definition) is 6. The Morgan fingerprint density at radius 1 is 1.65 bits per heavy atom. The van der Waals surface area contributed by atoms with Crippen molar-refractivity contribution in [3.63, 3.8) is 0 Å². The first-order chi connectivity index (χ1) is 7.99. The highest BCUT2D eigenvalue weighted by molar-refractivity contribution is 5.73. The van der Waals surface area contributed by atoms with Crippen LogP contribution < -0.4 is 11.3 Å². The van der Waals surface area contributed by atoms with Crippen LogP contribution in [0.1, 0.15) is 0 Å². The first-order valence-corrected chi connectivity index (χ1v) is 4.60. The molecule has 0 radical (unpaired) electrons. The summed E-state index contributed by atoms with van der Waals surface area (Å²) in [5, 5.41) is 17.8. The summed E-state index contributed by atoms with van der Waals surface area (Å²) >= 11 is 0. The van der Waals surface area contributed by atoms with E-state index >= 15 is 0 Å². The number of aliphatic carboxylic acids is 1. The number of aromatic nitrogens is 4. The number of anilines is 1. The molecule has 90 valence electrons. The molecule has 0 aromatic carbocycles. The number of aromatic amines is 1. The van der Waals surface area contributed by atoms with E-state index in [9.17, 15) is 14.7 Å². The number of carboxylic acids is 1. The largest absolute Gasteiger partial charge is 0.479 e. The summed E-state index contributed by atoms with van der Waals surface area (Å²) < 4.78 is 1.25. The third-order valence-corrected chi connectivity index (χ3v) is 2.15. The molecule has 1 atom stereocenters. The lowest BCUT2D eigenvalue weighted by molar-refractivity contribution is -0.147. The van der Waals surface area contributed by atoms with E-state index in [4.69, 9.17) is 10.8 Å². The van der Waals surface area contributed by atoms with Gasteiger partial charge < -0.3 is 20.5 Å². The van der Waals surface area contributed by atoms with Crippen molar-refractivity contribution >= 4 is 23.1 Å². The number of rotatable bonds is 3. The molecule has 9 heteroatoms. The lowest BCUT2D eigenvalue weighted by Gasteiger charge is -2.06. The van der Waals surface area contributed by atoms with Crippen LogP contribution in [0.2, 0.25) is 0 Å². The molecule has 0 saturated carbocycles. The maximum absolute atomic E-state index is 11.4. The molecule has 0 aliphatic heterocycles. The standard InChI is InChI=1S/C8H9N5O4/c9-8-11-5-4(6(15)12-8)10-2-13(5)1-3(14)7(16)17/h2-3,14H,1H2,(H,16,17)(H3,9,11,12,15). The molecule has 17 heavy (non-hydrogen) atoms. The Morgan fingerprint density at radius 3 is 3.00 bits per heavy atom. The number of carbonyl (C=O) groups is 1. The van der Waals surface area contributed by atoms with Gasteiger partial charge in [0.25, 0.3) is 5.56 Å². The summed E-state index contributed by atoms with van der Waals surface area (Å²) in [5.41, 5.74) is 5.01. The molecule has 0 bridgehead atoms. The van der Waals surface area contributed by atoms with Crippen molar-refractivity contribution in [3.8, 4) is 0 Å². The van der Waals surface area contributed by atoms with E-state index in [-0.39, 0.29) is 23.7 Å². The van der Waals surface area contributed by atoms with Gasteiger partial charge in [0.15, 0.2) is 17.3 Å². The molecule has 0 aliphatic carbocycles. The highest BCUT2D eigenvalue weighted by Crippen LogP contribution is 2.07. The van der Waals surface area contributed by atoms with Crippen molar-refractivity contribution in [2.24, 2.45) is 0 Å². The Balaban J connectivity index is 2.49. The molecule has 1 unspecified atom stereocenters. The highest BCUT2D eigenvalue weighted by atomic mass is 16.4. The molecule has 2 rings (SSSR count). The second kappa shape index (κ2) is 3.87. The van der Waals surface area contributed by atoms with Crippen LogP contribution in [0, 0.1) is 0 Å². The van der Waals surface area contributed by atoms with Gasteiger partial charge in [0, 0.05) is 0 Å². The van der Waals surface area contributed by atoms with Gasteiger partial charge in [-0.05, 0) is 0 Å². The third kappa shape index (κ3) is 1.95. The molecule has 0 amide bonds. The van der Waals surface area contributed by atoms with Crippen LogP contribution in [0.4, 0.5) is 5.95 Å². The number of imidazole rings is 1. The van der Waals surface area contributed by atoms with Crippen LogP contribution in [0.3, 0.4) is 0 Å². The average Bonchev–Trinajstić information content (AvgIpc) is 2.61. The second-order valence-corrected chi connectivity index (χ2v) is 3.37. The summed E-state index contributed by atoms with van der Waals surface area (Å²) in [6.45, 7) is -0.262. The summed E-state index contributed by atoms with van der Waals surface area (Å²) in [4.78, 5) is 31.8. The van der Waals surface area contributed by atoms with Crippen LogP contribution >= 0.6 is 0 Å². The summed E-state index contributed by atoms with van der Waals surface area (Å²) in [5.74, 6) is -1.47. The van der Waals surface area contributed by atoms with E-state index in [1.165, 1.54) is 10.9 Å². The van der Waals surface area contributed by atoms with Crippen molar-refractivity contribution in [2.45, 2.75) is 12.6 Å². The van der Waals surface area contributed by atoms with E-state index in [1.54, 1.807) is 0 Å². The predicted molar refractivity (Wildman–Crippen MR) is 56.2 cm³/mol. The fourth-order valence-corrected chi connectivity index (χ4v) is 1.37. The number of nitrogens with zero attached hydrogens (tertiary/aromatic N) is 3. The quantitative estimate of drug-likeness (QED) is 0.491. The molecular formula is C8H9N5O4. The number of fused-ring (bicyclic) bond motifs is 1. The minimum Gasteiger partial charge on any atom is -0.479 e. The van der Waals surface area contributed by atoms with Gasteiger partial charge >= 0.3 is 5.97 Å². The Labute approximate surface area is 93.5 Å². The number of hydrogen-bond donors (Lipinski definition) is 4. The van der Waals surface area contributed by atoms with E-state index in [1.807, 2.05) is 0 Å². The molecule has 9 nitrogen and oxygen atoms in total. The van der Waals surface area contributed by atoms with Gasteiger partial charge in [-0.25, -0.2) is 9.78 Å². The Morgan fingerprint density at radius 2 is 2.35 bits per heavy atom. The molecule has 0 spiro atoms. The van der Waals surface area contributed by atoms with Crippen LogP contribution in [-0.2, 0) is 11.3 Å². The zero-order valence-corrected chi connectivity index (χ0v) is 8.49. The molecule has 0 saturated heterocycles. The third-order valence-electron chi connectivity index (χ3n) is 2.15. The van der Waals surface area contributed by atoms with E-state index < -0.39 is 17.6 Å². The summed E-state index contributed by atoms with van der Waals surface area (Å²) in [6.07, 6.45) is -0.381. The van der Waals surface area contributed by atoms with Gasteiger partial charge in [0.2, 0.25) is 5.95 Å². The number of nitrogens with two attached hydrogens (primary N) is 1. The first-order valence-electron chi connectivity index (χ1n) is 4.60. The second-order valence-electron chi connectivity index (χ2n) is 3.37. The molecule has 0 fully saturated rings. The number of H-pyrrole nitrogens is 1. The number of aliphatic hydroxyl groups is 1. The maximum atomic E-state index is 11.4. The highest BCUT2D eigenvalue weighted by Gasteiger charge is 2.17. The Bertz CT molecular complexity index is 630. The fraction of sp³-hybridized carbons (Fsp3) is 0.250. The molecule has 5 N–H and O–H groups in total. The van der Waals surface area contributed by atoms with E-state index in [2.05, 4.69) is 15.0 Å². The fourth-order valence-electron chi connectivity index (χ4n) is 1.37. The van der Waals surface area contributed by atoms with Crippen molar-refractivity contribution in [1.82, 2.24) is 19.5 Å². The monoisotopic (exact) mass is 239 g/mol. The van der Waals surface area contributed by atoms with Crippen LogP contribution in [-0.4, -0.2) is 41.8 Å². The number of nitrogens with one attached hydrogen (secondary N) is 1. The number of aliphatic hydroxyl groups excluding tert-OH is 1. The van der Waals surface area contributed by atoms with Crippen molar-refractivity contribution in [1.29, 1.82) is 0 Å². The number of carboxylic acid groups (broad SMARTS) is 1. The topological polar surface area (TPSA) is 147 Å².